The molecule has 1 heterocycles. The number of sulfonamides is 1. The molecule has 21 heavy (non-hydrogen) atoms. The Bertz CT molecular complexity index is 615. The summed E-state index contributed by atoms with van der Waals surface area (Å²) in [5, 5.41) is 10.6. The van der Waals surface area contributed by atoms with Gasteiger partial charge in [0, 0.05) is 31.3 Å². The highest BCUT2D eigenvalue weighted by Crippen LogP contribution is 2.25. The van der Waals surface area contributed by atoms with Crippen molar-refractivity contribution in [2.24, 2.45) is 11.7 Å². The largest absolute Gasteiger partial charge is 0.327 e. The van der Waals surface area contributed by atoms with Crippen LogP contribution in [0.2, 0.25) is 0 Å². The van der Waals surface area contributed by atoms with Crippen LogP contribution in [-0.2, 0) is 10.0 Å². The second-order valence-electron chi connectivity index (χ2n) is 5.23. The van der Waals surface area contributed by atoms with E-state index in [1.807, 2.05) is 6.92 Å². The molecule has 0 amide bonds. The van der Waals surface area contributed by atoms with E-state index in [0.29, 0.717) is 19.5 Å². The molecule has 0 spiro atoms. The number of nitrogens with zero attached hydrogens (tertiary/aromatic N) is 2. The summed E-state index contributed by atoms with van der Waals surface area (Å²) < 4.78 is 26.5. The Morgan fingerprint density at radius 3 is 2.52 bits per heavy atom. The Morgan fingerprint density at radius 1 is 1.38 bits per heavy atom. The van der Waals surface area contributed by atoms with Gasteiger partial charge in [-0.05, 0) is 24.5 Å². The van der Waals surface area contributed by atoms with Crippen LogP contribution in [0.3, 0.4) is 0 Å². The first kappa shape index (κ1) is 15.9. The second-order valence-corrected chi connectivity index (χ2v) is 7.17. The van der Waals surface area contributed by atoms with Gasteiger partial charge in [-0.3, -0.25) is 10.1 Å². The second kappa shape index (κ2) is 6.08. The minimum Gasteiger partial charge on any atom is -0.327 e. The van der Waals surface area contributed by atoms with Gasteiger partial charge in [0.05, 0.1) is 9.82 Å². The molecule has 2 atom stereocenters. The van der Waals surface area contributed by atoms with Crippen molar-refractivity contribution in [2.45, 2.75) is 30.7 Å². The van der Waals surface area contributed by atoms with E-state index in [1.54, 1.807) is 0 Å². The maximum atomic E-state index is 12.6. The van der Waals surface area contributed by atoms with E-state index in [4.69, 9.17) is 5.73 Å². The van der Waals surface area contributed by atoms with Gasteiger partial charge in [0.2, 0.25) is 10.0 Å². The number of rotatable bonds is 4. The van der Waals surface area contributed by atoms with Crippen LogP contribution in [0.1, 0.15) is 19.8 Å². The predicted molar refractivity (Wildman–Crippen MR) is 78.2 cm³/mol. The lowest BCUT2D eigenvalue weighted by atomic mass is 9.92. The molecule has 116 valence electrons. The van der Waals surface area contributed by atoms with E-state index in [0.717, 1.165) is 6.42 Å². The number of hydrogen-bond acceptors (Lipinski definition) is 5. The number of piperidine rings is 1. The van der Waals surface area contributed by atoms with E-state index < -0.39 is 14.9 Å². The quantitative estimate of drug-likeness (QED) is 0.667. The zero-order chi connectivity index (χ0) is 15.6. The van der Waals surface area contributed by atoms with Gasteiger partial charge in [0.25, 0.3) is 5.69 Å². The normalized spacial score (nSPS) is 23.9. The van der Waals surface area contributed by atoms with Gasteiger partial charge in [0.15, 0.2) is 0 Å². The Balaban J connectivity index is 2.23. The van der Waals surface area contributed by atoms with Crippen LogP contribution < -0.4 is 5.73 Å². The molecule has 0 aromatic heterocycles. The highest BCUT2D eigenvalue weighted by atomic mass is 32.2. The van der Waals surface area contributed by atoms with Crippen LogP contribution in [0.5, 0.6) is 0 Å². The van der Waals surface area contributed by atoms with Gasteiger partial charge >= 0.3 is 0 Å². The lowest BCUT2D eigenvalue weighted by Crippen LogP contribution is -2.48. The fraction of sp³-hybridized carbons (Fsp3) is 0.538. The molecule has 1 aliphatic heterocycles. The molecule has 7 nitrogen and oxygen atoms in total. The molecular formula is C13H19N3O4S. The fourth-order valence-electron chi connectivity index (χ4n) is 2.56. The lowest BCUT2D eigenvalue weighted by molar-refractivity contribution is -0.384. The summed E-state index contributed by atoms with van der Waals surface area (Å²) in [6.45, 7) is 2.78. The van der Waals surface area contributed by atoms with Gasteiger partial charge < -0.3 is 5.73 Å². The van der Waals surface area contributed by atoms with Crippen molar-refractivity contribution in [2.75, 3.05) is 13.1 Å². The smallest absolute Gasteiger partial charge is 0.269 e. The Morgan fingerprint density at radius 2 is 2.00 bits per heavy atom. The van der Waals surface area contributed by atoms with Crippen LogP contribution in [0, 0.1) is 16.0 Å². The predicted octanol–water partition coefficient (Wildman–Crippen LogP) is 1.34. The number of non-ortho nitro benzene ring substituents is 1. The molecule has 1 aromatic carbocycles. The average molecular weight is 313 g/mol. The van der Waals surface area contributed by atoms with Gasteiger partial charge in [-0.15, -0.1) is 0 Å². The van der Waals surface area contributed by atoms with Crippen molar-refractivity contribution in [3.8, 4) is 0 Å². The van der Waals surface area contributed by atoms with Crippen molar-refractivity contribution in [1.29, 1.82) is 0 Å². The molecular weight excluding hydrogens is 294 g/mol. The maximum Gasteiger partial charge on any atom is 0.269 e. The van der Waals surface area contributed by atoms with E-state index in [9.17, 15) is 18.5 Å². The van der Waals surface area contributed by atoms with Crippen LogP contribution in [0.25, 0.3) is 0 Å². The Kier molecular flexibility index (Phi) is 4.60. The van der Waals surface area contributed by atoms with Crippen molar-refractivity contribution < 1.29 is 13.3 Å². The van der Waals surface area contributed by atoms with Crippen molar-refractivity contribution in [3.63, 3.8) is 0 Å². The summed E-state index contributed by atoms with van der Waals surface area (Å²) in [5.74, 6) is 0.145. The lowest BCUT2D eigenvalue weighted by Gasteiger charge is -2.35. The third-order valence-corrected chi connectivity index (χ3v) is 5.84. The highest BCUT2D eigenvalue weighted by molar-refractivity contribution is 7.89. The van der Waals surface area contributed by atoms with Crippen molar-refractivity contribution >= 4 is 15.7 Å². The van der Waals surface area contributed by atoms with Crippen molar-refractivity contribution in [3.05, 3.63) is 34.4 Å². The molecule has 0 unspecified atom stereocenters. The molecule has 0 radical (unpaired) electrons. The van der Waals surface area contributed by atoms with Crippen LogP contribution >= 0.6 is 0 Å². The number of nitro benzene ring substituents is 1. The number of nitro groups is 1. The minimum absolute atomic E-state index is 0.0262. The van der Waals surface area contributed by atoms with Gasteiger partial charge in [-0.1, -0.05) is 13.3 Å². The molecule has 2 N–H and O–H groups in total. The van der Waals surface area contributed by atoms with Crippen LogP contribution in [0.4, 0.5) is 5.69 Å². The SMILES string of the molecule is CC[C@@H]1CN(S(=O)(=O)c2ccc([N+](=O)[O-])cc2)CC[C@H]1N. The fourth-order valence-corrected chi connectivity index (χ4v) is 4.07. The zero-order valence-electron chi connectivity index (χ0n) is 11.8. The van der Waals surface area contributed by atoms with Crippen LogP contribution in [-0.4, -0.2) is 36.8 Å². The first-order valence-corrected chi connectivity index (χ1v) is 8.30. The van der Waals surface area contributed by atoms with E-state index in [-0.39, 0.29) is 22.5 Å². The van der Waals surface area contributed by atoms with E-state index in [2.05, 4.69) is 0 Å². The first-order valence-electron chi connectivity index (χ1n) is 6.86. The van der Waals surface area contributed by atoms with E-state index >= 15 is 0 Å². The monoisotopic (exact) mass is 313 g/mol. The summed E-state index contributed by atoms with van der Waals surface area (Å²) in [7, 11) is -3.62. The molecule has 2 rings (SSSR count). The number of hydrogen-bond donors (Lipinski definition) is 1. The third-order valence-electron chi connectivity index (χ3n) is 3.97. The first-order chi connectivity index (χ1) is 9.86. The minimum atomic E-state index is -3.62. The molecule has 1 fully saturated rings. The number of nitrogens with two attached hydrogens (primary N) is 1. The highest BCUT2D eigenvalue weighted by Gasteiger charge is 2.33. The molecule has 0 aliphatic carbocycles. The third kappa shape index (κ3) is 3.22. The Hall–Kier alpha value is -1.51. The van der Waals surface area contributed by atoms with Crippen LogP contribution in [0.15, 0.2) is 29.2 Å². The standard InChI is InChI=1S/C13H19N3O4S/c1-2-10-9-15(8-7-13(10)14)21(19,20)12-5-3-11(4-6-12)16(17)18/h3-6,10,13H,2,7-9,14H2,1H3/t10-,13-/m1/s1. The zero-order valence-corrected chi connectivity index (χ0v) is 12.6. The summed E-state index contributed by atoms with van der Waals surface area (Å²) in [6, 6.07) is 5.00. The molecule has 8 heteroatoms. The van der Waals surface area contributed by atoms with Gasteiger partial charge in [0.1, 0.15) is 0 Å². The summed E-state index contributed by atoms with van der Waals surface area (Å²) in [4.78, 5) is 10.1. The molecule has 1 aromatic rings. The molecule has 0 saturated carbocycles. The van der Waals surface area contributed by atoms with Crippen molar-refractivity contribution in [1.82, 2.24) is 4.31 Å². The molecule has 0 bridgehead atoms. The topological polar surface area (TPSA) is 107 Å². The maximum absolute atomic E-state index is 12.6. The summed E-state index contributed by atoms with van der Waals surface area (Å²) in [6.07, 6.45) is 1.46. The Labute approximate surface area is 123 Å². The van der Waals surface area contributed by atoms with Gasteiger partial charge in [-0.2, -0.15) is 4.31 Å². The van der Waals surface area contributed by atoms with Gasteiger partial charge in [-0.25, -0.2) is 8.42 Å². The average Bonchev–Trinajstić information content (AvgIpc) is 2.47. The van der Waals surface area contributed by atoms with E-state index in [1.165, 1.54) is 28.6 Å². The molecule has 1 aliphatic rings. The molecule has 1 saturated heterocycles. The summed E-state index contributed by atoms with van der Waals surface area (Å²) in [5.41, 5.74) is 5.87. The number of benzene rings is 1. The summed E-state index contributed by atoms with van der Waals surface area (Å²) >= 11 is 0.